The smallest absolute Gasteiger partial charge is 0.317 e. The van der Waals surface area contributed by atoms with E-state index in [2.05, 4.69) is 21.4 Å². The lowest BCUT2D eigenvalue weighted by molar-refractivity contribution is -0.131. The van der Waals surface area contributed by atoms with E-state index in [1.165, 1.54) is 6.92 Å². The Kier molecular flexibility index (Phi) is 6.31. The van der Waals surface area contributed by atoms with Crippen LogP contribution < -0.4 is 4.74 Å². The van der Waals surface area contributed by atoms with Gasteiger partial charge in [-0.3, -0.25) is 4.79 Å². The first-order valence-electron chi connectivity index (χ1n) is 3.66. The van der Waals surface area contributed by atoms with Crippen molar-refractivity contribution < 1.29 is 17.9 Å². The van der Waals surface area contributed by atoms with Crippen molar-refractivity contribution in [1.82, 2.24) is 0 Å². The molecule has 1 aromatic carbocycles. The zero-order valence-electron chi connectivity index (χ0n) is 7.68. The number of esters is 1. The second-order valence-corrected chi connectivity index (χ2v) is 5.95. The minimum Gasteiger partial charge on any atom is -0.427 e. The molecule has 7 heteroatoms. The lowest BCUT2D eigenvalue weighted by Crippen LogP contribution is -2.00. The third-order valence-electron chi connectivity index (χ3n) is 1.00. The first-order valence-corrected chi connectivity index (χ1v) is 6.80. The first-order chi connectivity index (χ1) is 6.79. The standard InChI is InChI=1S/C8H8O2.Cl2O2S/c1-7(9)10-8-5-3-2-4-6-8;1-5(2,3)4/h2-6H,1H3;. The predicted molar refractivity (Wildman–Crippen MR) is 58.4 cm³/mol. The number of carbonyl (C=O) groups is 1. The Morgan fingerprint density at radius 1 is 1.20 bits per heavy atom. The summed E-state index contributed by atoms with van der Waals surface area (Å²) in [4.78, 5) is 10.4. The summed E-state index contributed by atoms with van der Waals surface area (Å²) in [6, 6.07) is 8.98. The number of rotatable bonds is 1. The lowest BCUT2D eigenvalue weighted by Gasteiger charge is -1.97. The minimum atomic E-state index is -3.72. The van der Waals surface area contributed by atoms with Gasteiger partial charge in [0.1, 0.15) is 5.75 Å². The number of hydrogen-bond acceptors (Lipinski definition) is 4. The van der Waals surface area contributed by atoms with Crippen molar-refractivity contribution >= 4 is 35.6 Å². The summed E-state index contributed by atoms with van der Waals surface area (Å²) in [6.07, 6.45) is 0. The quantitative estimate of drug-likeness (QED) is 0.447. The van der Waals surface area contributed by atoms with Crippen molar-refractivity contribution in [3.8, 4) is 5.75 Å². The SMILES string of the molecule is CC(=O)Oc1ccccc1.O=S(=O)(Cl)Cl. The maximum absolute atomic E-state index is 10.4. The summed E-state index contributed by atoms with van der Waals surface area (Å²) in [6.45, 7) is 1.38. The van der Waals surface area contributed by atoms with Crippen LogP contribution in [0.4, 0.5) is 0 Å². The second kappa shape index (κ2) is 6.66. The molecule has 0 heterocycles. The highest BCUT2D eigenvalue weighted by Crippen LogP contribution is 2.07. The van der Waals surface area contributed by atoms with Crippen molar-refractivity contribution in [3.63, 3.8) is 0 Å². The van der Waals surface area contributed by atoms with Crippen molar-refractivity contribution in [1.29, 1.82) is 0 Å². The summed E-state index contributed by atoms with van der Waals surface area (Å²) in [7, 11) is 4.81. The van der Waals surface area contributed by atoms with Crippen LogP contribution in [0.25, 0.3) is 0 Å². The van der Waals surface area contributed by atoms with Gasteiger partial charge in [-0.2, -0.15) is 8.42 Å². The van der Waals surface area contributed by atoms with Gasteiger partial charge in [0.25, 0.3) is 0 Å². The van der Waals surface area contributed by atoms with E-state index in [0.717, 1.165) is 0 Å². The van der Waals surface area contributed by atoms with Gasteiger partial charge in [-0.1, -0.05) is 18.2 Å². The molecule has 0 aliphatic carbocycles. The zero-order chi connectivity index (χ0) is 11.9. The molecule has 1 rings (SSSR count). The Bertz CT molecular complexity index is 394. The van der Waals surface area contributed by atoms with E-state index < -0.39 is 8.26 Å². The maximum atomic E-state index is 10.4. The van der Waals surface area contributed by atoms with E-state index in [0.29, 0.717) is 5.75 Å². The van der Waals surface area contributed by atoms with Crippen LogP contribution in [0.5, 0.6) is 5.75 Å². The van der Waals surface area contributed by atoms with Crippen molar-refractivity contribution in [3.05, 3.63) is 30.3 Å². The normalized spacial score (nSPS) is 9.80. The van der Waals surface area contributed by atoms with E-state index in [-0.39, 0.29) is 5.97 Å². The number of hydrogen-bond donors (Lipinski definition) is 0. The van der Waals surface area contributed by atoms with E-state index in [9.17, 15) is 4.79 Å². The van der Waals surface area contributed by atoms with Crippen LogP contribution in [0.2, 0.25) is 0 Å². The summed E-state index contributed by atoms with van der Waals surface area (Å²) in [5.74, 6) is 0.307. The number of para-hydroxylation sites is 1. The second-order valence-electron chi connectivity index (χ2n) is 2.29. The average molecular weight is 271 g/mol. The fraction of sp³-hybridized carbons (Fsp3) is 0.125. The minimum absolute atomic E-state index is 0.286. The summed E-state index contributed by atoms with van der Waals surface area (Å²) >= 11 is 0. The van der Waals surface area contributed by atoms with Gasteiger partial charge in [0.2, 0.25) is 0 Å². The molecule has 0 fully saturated rings. The number of halogens is 2. The van der Waals surface area contributed by atoms with Crippen molar-refractivity contribution in [2.45, 2.75) is 6.92 Å². The molecule has 0 aliphatic rings. The molecule has 0 N–H and O–H groups in total. The Morgan fingerprint density at radius 2 is 1.60 bits per heavy atom. The fourth-order valence-electron chi connectivity index (χ4n) is 0.655. The van der Waals surface area contributed by atoms with Gasteiger partial charge in [0, 0.05) is 28.3 Å². The Balaban J connectivity index is 0.000000336. The molecule has 0 aliphatic heterocycles. The highest BCUT2D eigenvalue weighted by molar-refractivity contribution is 8.31. The molecule has 15 heavy (non-hydrogen) atoms. The Morgan fingerprint density at radius 3 is 1.93 bits per heavy atom. The van der Waals surface area contributed by atoms with Crippen LogP contribution in [-0.4, -0.2) is 14.4 Å². The Labute approximate surface area is 96.7 Å². The van der Waals surface area contributed by atoms with Gasteiger partial charge in [-0.15, -0.1) is 0 Å². The molecule has 1 aromatic rings. The van der Waals surface area contributed by atoms with Gasteiger partial charge < -0.3 is 4.74 Å². The lowest BCUT2D eigenvalue weighted by atomic mass is 10.3. The summed E-state index contributed by atoms with van der Waals surface area (Å²) in [5, 5.41) is 0. The number of carbonyl (C=O) groups excluding carboxylic acids is 1. The number of ether oxygens (including phenoxy) is 1. The van der Waals surface area contributed by atoms with Gasteiger partial charge in [0.05, 0.1) is 0 Å². The van der Waals surface area contributed by atoms with E-state index in [4.69, 9.17) is 13.2 Å². The molecule has 0 atom stereocenters. The highest BCUT2D eigenvalue weighted by Gasteiger charge is 1.93. The molecule has 0 radical (unpaired) electrons. The molecule has 4 nitrogen and oxygen atoms in total. The molecule has 0 aromatic heterocycles. The molecule has 0 bridgehead atoms. The Hall–Kier alpha value is -0.780. The molecule has 0 amide bonds. The molecule has 0 saturated heterocycles. The summed E-state index contributed by atoms with van der Waals surface area (Å²) in [5.41, 5.74) is 0. The largest absolute Gasteiger partial charge is 0.427 e. The highest BCUT2D eigenvalue weighted by atomic mass is 36.0. The number of benzene rings is 1. The average Bonchev–Trinajstić information content (AvgIpc) is 2.01. The van der Waals surface area contributed by atoms with Crippen molar-refractivity contribution in [2.24, 2.45) is 0 Å². The van der Waals surface area contributed by atoms with Gasteiger partial charge in [-0.05, 0) is 12.1 Å². The van der Waals surface area contributed by atoms with Crippen LogP contribution >= 0.6 is 21.4 Å². The first kappa shape index (κ1) is 14.2. The van der Waals surface area contributed by atoms with Crippen LogP contribution in [-0.2, 0) is 13.1 Å². The fourth-order valence-corrected chi connectivity index (χ4v) is 0.655. The van der Waals surface area contributed by atoms with Gasteiger partial charge in [-0.25, -0.2) is 0 Å². The molecule has 0 spiro atoms. The van der Waals surface area contributed by atoms with E-state index in [1.54, 1.807) is 12.1 Å². The van der Waals surface area contributed by atoms with Crippen LogP contribution in [0, 0.1) is 0 Å². The van der Waals surface area contributed by atoms with Crippen LogP contribution in [0.1, 0.15) is 6.92 Å². The monoisotopic (exact) mass is 270 g/mol. The van der Waals surface area contributed by atoms with E-state index in [1.807, 2.05) is 18.2 Å². The third kappa shape index (κ3) is 13.2. The van der Waals surface area contributed by atoms with Crippen molar-refractivity contribution in [2.75, 3.05) is 0 Å². The molecular formula is C8H8Cl2O4S. The van der Waals surface area contributed by atoms with Gasteiger partial charge >= 0.3 is 14.2 Å². The van der Waals surface area contributed by atoms with Crippen LogP contribution in [0.3, 0.4) is 0 Å². The molecule has 84 valence electrons. The third-order valence-corrected chi connectivity index (χ3v) is 1.00. The molecule has 0 unspecified atom stereocenters. The zero-order valence-corrected chi connectivity index (χ0v) is 10.0. The van der Waals surface area contributed by atoms with Gasteiger partial charge in [0.15, 0.2) is 0 Å². The molecule has 0 saturated carbocycles. The van der Waals surface area contributed by atoms with E-state index >= 15 is 0 Å². The topological polar surface area (TPSA) is 60.4 Å². The maximum Gasteiger partial charge on any atom is 0.317 e. The van der Waals surface area contributed by atoms with Crippen LogP contribution in [0.15, 0.2) is 30.3 Å². The summed E-state index contributed by atoms with van der Waals surface area (Å²) < 4.78 is 23.1. The molecular weight excluding hydrogens is 263 g/mol. The predicted octanol–water partition coefficient (Wildman–Crippen LogP) is 2.32.